The van der Waals surface area contributed by atoms with Crippen molar-refractivity contribution in [2.45, 2.75) is 16.7 Å². The third-order valence-electron chi connectivity index (χ3n) is 4.97. The first-order valence-electron chi connectivity index (χ1n) is 10.7. The highest BCUT2D eigenvalue weighted by atomic mass is 32.2. The van der Waals surface area contributed by atoms with Gasteiger partial charge in [-0.25, -0.2) is 13.2 Å². The number of thioether (sulfide) groups is 1. The molecular formula is C25H26N2O6S2. The maximum Gasteiger partial charge on any atom is 0.339 e. The van der Waals surface area contributed by atoms with Crippen LogP contribution in [0, 0.1) is 0 Å². The SMILES string of the molecule is CCOc1ccccc1N(CC(=O)Nc1ccccc1C(=O)OC)S(=O)(=O)c1ccc(SC)cc1. The Kier molecular flexibility index (Phi) is 8.78. The topological polar surface area (TPSA) is 102 Å². The first-order valence-corrected chi connectivity index (χ1v) is 13.3. The molecule has 1 amide bonds. The summed E-state index contributed by atoms with van der Waals surface area (Å²) in [6.45, 7) is 1.55. The van der Waals surface area contributed by atoms with Gasteiger partial charge in [-0.3, -0.25) is 9.10 Å². The molecule has 10 heteroatoms. The van der Waals surface area contributed by atoms with E-state index in [-0.39, 0.29) is 21.8 Å². The third kappa shape index (κ3) is 6.14. The predicted octanol–water partition coefficient (Wildman–Crippen LogP) is 4.43. The highest BCUT2D eigenvalue weighted by molar-refractivity contribution is 7.98. The van der Waals surface area contributed by atoms with Crippen LogP contribution in [-0.2, 0) is 19.6 Å². The van der Waals surface area contributed by atoms with Gasteiger partial charge in [-0.15, -0.1) is 11.8 Å². The maximum atomic E-state index is 13.7. The molecule has 0 aliphatic heterocycles. The van der Waals surface area contributed by atoms with E-state index in [1.54, 1.807) is 55.5 Å². The Balaban J connectivity index is 2.01. The fraction of sp³-hybridized carbons (Fsp3) is 0.200. The number of carbonyl (C=O) groups is 2. The summed E-state index contributed by atoms with van der Waals surface area (Å²) < 4.78 is 38.8. The molecule has 1 N–H and O–H groups in total. The number of rotatable bonds is 10. The monoisotopic (exact) mass is 514 g/mol. The lowest BCUT2D eigenvalue weighted by Crippen LogP contribution is -2.38. The first-order chi connectivity index (χ1) is 16.8. The lowest BCUT2D eigenvalue weighted by Gasteiger charge is -2.26. The number of anilines is 2. The smallest absolute Gasteiger partial charge is 0.339 e. The number of methoxy groups -OCH3 is 1. The molecule has 0 radical (unpaired) electrons. The summed E-state index contributed by atoms with van der Waals surface area (Å²) in [5.41, 5.74) is 0.587. The van der Waals surface area contributed by atoms with Crippen molar-refractivity contribution in [3.8, 4) is 5.75 Å². The average molecular weight is 515 g/mol. The molecule has 0 aliphatic carbocycles. The van der Waals surface area contributed by atoms with Gasteiger partial charge in [-0.1, -0.05) is 24.3 Å². The van der Waals surface area contributed by atoms with Gasteiger partial charge in [-0.05, 0) is 61.7 Å². The number of ether oxygens (including phenoxy) is 2. The van der Waals surface area contributed by atoms with Gasteiger partial charge < -0.3 is 14.8 Å². The predicted molar refractivity (Wildman–Crippen MR) is 137 cm³/mol. The Hall–Kier alpha value is -3.50. The summed E-state index contributed by atoms with van der Waals surface area (Å²) in [6.07, 6.45) is 1.89. The van der Waals surface area contributed by atoms with Crippen LogP contribution in [0.3, 0.4) is 0 Å². The Bertz CT molecular complexity index is 1290. The molecule has 0 spiro atoms. The molecule has 0 unspecified atom stereocenters. The molecule has 0 aliphatic rings. The van der Waals surface area contributed by atoms with Gasteiger partial charge in [0.1, 0.15) is 12.3 Å². The highest BCUT2D eigenvalue weighted by Crippen LogP contribution is 2.33. The lowest BCUT2D eigenvalue weighted by molar-refractivity contribution is -0.114. The fourth-order valence-corrected chi connectivity index (χ4v) is 5.16. The Morgan fingerprint density at radius 2 is 1.63 bits per heavy atom. The summed E-state index contributed by atoms with van der Waals surface area (Å²) >= 11 is 1.49. The van der Waals surface area contributed by atoms with Gasteiger partial charge >= 0.3 is 5.97 Å². The van der Waals surface area contributed by atoms with Crippen LogP contribution in [0.4, 0.5) is 11.4 Å². The third-order valence-corrected chi connectivity index (χ3v) is 7.49. The fourth-order valence-electron chi connectivity index (χ4n) is 3.32. The summed E-state index contributed by atoms with van der Waals surface area (Å²) in [7, 11) is -2.91. The normalized spacial score (nSPS) is 10.9. The Labute approximate surface area is 209 Å². The summed E-state index contributed by atoms with van der Waals surface area (Å²) in [5.74, 6) is -0.944. The highest BCUT2D eigenvalue weighted by Gasteiger charge is 2.30. The van der Waals surface area contributed by atoms with Crippen LogP contribution >= 0.6 is 11.8 Å². The number of nitrogens with one attached hydrogen (secondary N) is 1. The zero-order valence-electron chi connectivity index (χ0n) is 19.6. The Morgan fingerprint density at radius 3 is 2.29 bits per heavy atom. The van der Waals surface area contributed by atoms with Crippen molar-refractivity contribution in [1.29, 1.82) is 0 Å². The van der Waals surface area contributed by atoms with Crippen LogP contribution in [0.25, 0.3) is 0 Å². The second kappa shape index (κ2) is 11.8. The number of hydrogen-bond acceptors (Lipinski definition) is 7. The van der Waals surface area contributed by atoms with E-state index in [4.69, 9.17) is 9.47 Å². The van der Waals surface area contributed by atoms with Crippen molar-refractivity contribution in [3.05, 3.63) is 78.4 Å². The summed E-state index contributed by atoms with van der Waals surface area (Å²) in [6, 6.07) is 19.4. The number of esters is 1. The zero-order chi connectivity index (χ0) is 25.4. The number of amides is 1. The molecular weight excluding hydrogens is 488 g/mol. The summed E-state index contributed by atoms with van der Waals surface area (Å²) in [5, 5.41) is 2.63. The van der Waals surface area contributed by atoms with Crippen molar-refractivity contribution in [3.63, 3.8) is 0 Å². The van der Waals surface area contributed by atoms with E-state index in [0.29, 0.717) is 12.4 Å². The van der Waals surface area contributed by atoms with E-state index < -0.39 is 28.4 Å². The number of sulfonamides is 1. The van der Waals surface area contributed by atoms with Crippen LogP contribution < -0.4 is 14.4 Å². The van der Waals surface area contributed by atoms with Gasteiger partial charge in [0.05, 0.1) is 35.6 Å². The van der Waals surface area contributed by atoms with Crippen LogP contribution in [0.5, 0.6) is 5.75 Å². The first kappa shape index (κ1) is 26.1. The van der Waals surface area contributed by atoms with Gasteiger partial charge in [0, 0.05) is 4.90 Å². The van der Waals surface area contributed by atoms with E-state index in [0.717, 1.165) is 9.20 Å². The van der Waals surface area contributed by atoms with E-state index >= 15 is 0 Å². The second-order valence-electron chi connectivity index (χ2n) is 7.17. The summed E-state index contributed by atoms with van der Waals surface area (Å²) in [4.78, 5) is 26.1. The van der Waals surface area contributed by atoms with Crippen LogP contribution in [-0.4, -0.2) is 46.8 Å². The van der Waals surface area contributed by atoms with E-state index in [1.807, 2.05) is 6.26 Å². The maximum absolute atomic E-state index is 13.7. The van der Waals surface area contributed by atoms with Gasteiger partial charge in [0.15, 0.2) is 0 Å². The average Bonchev–Trinajstić information content (AvgIpc) is 2.87. The quantitative estimate of drug-likeness (QED) is 0.315. The van der Waals surface area contributed by atoms with Crippen LogP contribution in [0.1, 0.15) is 17.3 Å². The molecule has 3 aromatic carbocycles. The molecule has 0 heterocycles. The number of carbonyl (C=O) groups excluding carboxylic acids is 2. The van der Waals surface area contributed by atoms with Crippen molar-refractivity contribution in [2.75, 3.05) is 36.1 Å². The van der Waals surface area contributed by atoms with Crippen molar-refractivity contribution in [2.24, 2.45) is 0 Å². The minimum absolute atomic E-state index is 0.0318. The minimum Gasteiger partial charge on any atom is -0.492 e. The van der Waals surface area contributed by atoms with E-state index in [2.05, 4.69) is 5.32 Å². The molecule has 35 heavy (non-hydrogen) atoms. The van der Waals surface area contributed by atoms with Crippen molar-refractivity contribution in [1.82, 2.24) is 0 Å². The van der Waals surface area contributed by atoms with Gasteiger partial charge in [-0.2, -0.15) is 0 Å². The van der Waals surface area contributed by atoms with E-state index in [9.17, 15) is 18.0 Å². The molecule has 8 nitrogen and oxygen atoms in total. The van der Waals surface area contributed by atoms with Crippen LogP contribution in [0.15, 0.2) is 82.6 Å². The van der Waals surface area contributed by atoms with Crippen LogP contribution in [0.2, 0.25) is 0 Å². The number of para-hydroxylation sites is 3. The van der Waals surface area contributed by atoms with E-state index in [1.165, 1.54) is 43.1 Å². The molecule has 0 saturated heterocycles. The van der Waals surface area contributed by atoms with Crippen molar-refractivity contribution < 1.29 is 27.5 Å². The lowest BCUT2D eigenvalue weighted by atomic mass is 10.2. The molecule has 0 saturated carbocycles. The minimum atomic E-state index is -4.15. The molecule has 3 rings (SSSR count). The number of benzene rings is 3. The van der Waals surface area contributed by atoms with Gasteiger partial charge in [0.25, 0.3) is 10.0 Å². The second-order valence-corrected chi connectivity index (χ2v) is 9.92. The standard InChI is InChI=1S/C25H26N2O6S2/c1-4-33-23-12-8-7-11-22(23)27(35(30,31)19-15-13-18(34-3)14-16-19)17-24(28)26-21-10-6-5-9-20(21)25(29)32-2/h5-16H,4,17H2,1-3H3,(H,26,28). The number of nitrogens with zero attached hydrogens (tertiary/aromatic N) is 1. The molecule has 0 aromatic heterocycles. The molecule has 0 atom stereocenters. The largest absolute Gasteiger partial charge is 0.492 e. The van der Waals surface area contributed by atoms with Gasteiger partial charge in [0.2, 0.25) is 5.91 Å². The molecule has 0 bridgehead atoms. The molecule has 3 aromatic rings. The molecule has 0 fully saturated rings. The zero-order valence-corrected chi connectivity index (χ0v) is 21.2. The Morgan fingerprint density at radius 1 is 0.971 bits per heavy atom. The number of hydrogen-bond donors (Lipinski definition) is 1. The molecule has 184 valence electrons. The van der Waals surface area contributed by atoms with Crippen molar-refractivity contribution >= 4 is 45.0 Å².